The monoisotopic (exact) mass is 590 g/mol. The molecule has 4 N–H and O–H groups in total. The van der Waals surface area contributed by atoms with Crippen LogP contribution in [0, 0.1) is 0 Å². The average molecular weight is 592 g/mol. The molecule has 1 aliphatic heterocycles. The number of carbonyl (C=O) groups excluding carboxylic acids is 2. The van der Waals surface area contributed by atoms with Gasteiger partial charge in [0.25, 0.3) is 15.9 Å². The lowest BCUT2D eigenvalue weighted by Gasteiger charge is -2.23. The van der Waals surface area contributed by atoms with Gasteiger partial charge in [0.2, 0.25) is 5.91 Å². The first-order chi connectivity index (χ1) is 18.7. The van der Waals surface area contributed by atoms with E-state index in [1.54, 1.807) is 36.4 Å². The van der Waals surface area contributed by atoms with Crippen LogP contribution in [-0.2, 0) is 14.8 Å². The fraction of sp³-hybridized carbons (Fsp3) is 0.259. The maximum atomic E-state index is 13.1. The van der Waals surface area contributed by atoms with Gasteiger partial charge >= 0.3 is 0 Å². The molecule has 0 spiro atoms. The average Bonchev–Trinajstić information content (AvgIpc) is 2.91. The zero-order valence-electron chi connectivity index (χ0n) is 20.9. The molecule has 3 aromatic carbocycles. The van der Waals surface area contributed by atoms with Crippen LogP contribution in [0.2, 0.25) is 10.0 Å². The Balaban J connectivity index is 1.34. The minimum atomic E-state index is -4.00. The van der Waals surface area contributed by atoms with Crippen LogP contribution in [0.15, 0.2) is 71.6 Å². The molecular formula is C27H28Cl2N4O5S. The van der Waals surface area contributed by atoms with Crippen LogP contribution in [0.1, 0.15) is 29.6 Å². The van der Waals surface area contributed by atoms with Gasteiger partial charge in [0.1, 0.15) is 5.75 Å². The van der Waals surface area contributed by atoms with Gasteiger partial charge in [-0.15, -0.1) is 0 Å². The van der Waals surface area contributed by atoms with Gasteiger partial charge in [-0.3, -0.25) is 14.3 Å². The Morgan fingerprint density at radius 2 is 1.67 bits per heavy atom. The molecule has 39 heavy (non-hydrogen) atoms. The molecule has 0 atom stereocenters. The van der Waals surface area contributed by atoms with Gasteiger partial charge < -0.3 is 20.7 Å². The molecular weight excluding hydrogens is 563 g/mol. The van der Waals surface area contributed by atoms with Gasteiger partial charge in [-0.05, 0) is 80.5 Å². The number of hydrogen-bond donors (Lipinski definition) is 4. The largest absolute Gasteiger partial charge is 0.454 e. The summed E-state index contributed by atoms with van der Waals surface area (Å²) in [5, 5.41) is 9.62. The molecule has 9 nitrogen and oxygen atoms in total. The smallest absolute Gasteiger partial charge is 0.262 e. The topological polar surface area (TPSA) is 126 Å². The number of ether oxygens (including phenoxy) is 1. The van der Waals surface area contributed by atoms with Crippen molar-refractivity contribution in [2.45, 2.75) is 30.2 Å². The first kappa shape index (κ1) is 28.7. The maximum Gasteiger partial charge on any atom is 0.262 e. The van der Waals surface area contributed by atoms with E-state index in [9.17, 15) is 18.0 Å². The van der Waals surface area contributed by atoms with E-state index in [0.717, 1.165) is 25.9 Å². The van der Waals surface area contributed by atoms with E-state index in [1.165, 1.54) is 30.3 Å². The van der Waals surface area contributed by atoms with Crippen molar-refractivity contribution in [3.63, 3.8) is 0 Å². The highest BCUT2D eigenvalue weighted by Crippen LogP contribution is 2.35. The Hall–Kier alpha value is -3.31. The van der Waals surface area contributed by atoms with Crippen molar-refractivity contribution in [1.29, 1.82) is 0 Å². The summed E-state index contributed by atoms with van der Waals surface area (Å²) >= 11 is 12.1. The molecule has 2 amide bonds. The van der Waals surface area contributed by atoms with Crippen molar-refractivity contribution in [2.75, 3.05) is 24.4 Å². The minimum Gasteiger partial charge on any atom is -0.454 e. The van der Waals surface area contributed by atoms with E-state index in [2.05, 4.69) is 20.7 Å². The third-order valence-corrected chi connectivity index (χ3v) is 7.93. The third kappa shape index (κ3) is 8.09. The molecule has 1 fully saturated rings. The second-order valence-corrected chi connectivity index (χ2v) is 11.4. The van der Waals surface area contributed by atoms with Crippen LogP contribution in [0.4, 0.5) is 5.69 Å². The maximum absolute atomic E-state index is 13.1. The van der Waals surface area contributed by atoms with Crippen LogP contribution in [-0.4, -0.2) is 45.9 Å². The SMILES string of the molecule is O=C(CCNC(=O)c1ccc(S(=O)(=O)Nc2ccccc2Oc2ccc(Cl)cc2Cl)cc1)NC1CCNCC1. The molecule has 0 aliphatic carbocycles. The summed E-state index contributed by atoms with van der Waals surface area (Å²) in [4.78, 5) is 24.6. The number of hydrogen-bond acceptors (Lipinski definition) is 6. The van der Waals surface area contributed by atoms with Gasteiger partial charge in [-0.25, -0.2) is 8.42 Å². The lowest BCUT2D eigenvalue weighted by Crippen LogP contribution is -2.43. The Kier molecular flexibility index (Phi) is 9.68. The van der Waals surface area contributed by atoms with Crippen molar-refractivity contribution in [2.24, 2.45) is 0 Å². The molecule has 1 saturated heterocycles. The number of halogens is 2. The summed E-state index contributed by atoms with van der Waals surface area (Å²) in [7, 11) is -4.00. The van der Waals surface area contributed by atoms with E-state index in [-0.39, 0.29) is 51.8 Å². The van der Waals surface area contributed by atoms with E-state index >= 15 is 0 Å². The lowest BCUT2D eigenvalue weighted by molar-refractivity contribution is -0.121. The summed E-state index contributed by atoms with van der Waals surface area (Å²) < 4.78 is 34.4. The highest BCUT2D eigenvalue weighted by atomic mass is 35.5. The van der Waals surface area contributed by atoms with Crippen LogP contribution in [0.5, 0.6) is 11.5 Å². The van der Waals surface area contributed by atoms with Gasteiger partial charge in [-0.1, -0.05) is 35.3 Å². The van der Waals surface area contributed by atoms with Gasteiger partial charge in [0, 0.05) is 29.6 Å². The zero-order chi connectivity index (χ0) is 27.8. The van der Waals surface area contributed by atoms with Gasteiger partial charge in [0.05, 0.1) is 15.6 Å². The first-order valence-electron chi connectivity index (χ1n) is 12.3. The Labute approximate surface area is 237 Å². The summed E-state index contributed by atoms with van der Waals surface area (Å²) in [6.45, 7) is 1.93. The number of piperidine rings is 1. The van der Waals surface area contributed by atoms with Crippen LogP contribution < -0.4 is 25.4 Å². The van der Waals surface area contributed by atoms with Crippen LogP contribution in [0.3, 0.4) is 0 Å². The molecule has 0 unspecified atom stereocenters. The highest BCUT2D eigenvalue weighted by Gasteiger charge is 2.19. The van der Waals surface area contributed by atoms with E-state index in [0.29, 0.717) is 10.8 Å². The number of nitrogens with one attached hydrogen (secondary N) is 4. The van der Waals surface area contributed by atoms with Gasteiger partial charge in [0.15, 0.2) is 5.75 Å². The number of para-hydroxylation sites is 2. The zero-order valence-corrected chi connectivity index (χ0v) is 23.2. The normalized spacial score (nSPS) is 13.9. The number of amides is 2. The predicted molar refractivity (Wildman–Crippen MR) is 151 cm³/mol. The number of benzene rings is 3. The van der Waals surface area contributed by atoms with Crippen molar-refractivity contribution in [3.05, 3.63) is 82.3 Å². The fourth-order valence-corrected chi connectivity index (χ4v) is 5.48. The molecule has 4 rings (SSSR count). The van der Waals surface area contributed by atoms with Crippen molar-refractivity contribution < 1.29 is 22.7 Å². The van der Waals surface area contributed by atoms with E-state index < -0.39 is 15.9 Å². The molecule has 12 heteroatoms. The van der Waals surface area contributed by atoms with E-state index in [4.69, 9.17) is 27.9 Å². The number of sulfonamides is 1. The second-order valence-electron chi connectivity index (χ2n) is 8.90. The van der Waals surface area contributed by atoms with Crippen molar-refractivity contribution in [1.82, 2.24) is 16.0 Å². The summed E-state index contributed by atoms with van der Waals surface area (Å²) in [6, 6.07) is 16.9. The molecule has 0 radical (unpaired) electrons. The summed E-state index contributed by atoms with van der Waals surface area (Å²) in [6.07, 6.45) is 1.93. The standard InChI is InChI=1S/C27H28Cl2N4O5S/c28-19-7-10-24(22(29)17-19)38-25-4-2-1-3-23(25)33-39(36,37)21-8-5-18(6-9-21)27(35)31-16-13-26(34)32-20-11-14-30-15-12-20/h1-10,17,20,30,33H,11-16H2,(H,31,35)(H,32,34). The second kappa shape index (κ2) is 13.2. The number of anilines is 1. The molecule has 0 bridgehead atoms. The highest BCUT2D eigenvalue weighted by molar-refractivity contribution is 7.92. The molecule has 3 aromatic rings. The Morgan fingerprint density at radius 1 is 0.949 bits per heavy atom. The van der Waals surface area contributed by atoms with E-state index in [1.807, 2.05) is 0 Å². The lowest BCUT2D eigenvalue weighted by atomic mass is 10.1. The minimum absolute atomic E-state index is 0.0419. The third-order valence-electron chi connectivity index (χ3n) is 6.01. The Morgan fingerprint density at radius 3 is 2.38 bits per heavy atom. The quantitative estimate of drug-likeness (QED) is 0.274. The number of carbonyl (C=O) groups is 2. The predicted octanol–water partition coefficient (Wildman–Crippen LogP) is 4.57. The fourth-order valence-electron chi connectivity index (χ4n) is 3.96. The van der Waals surface area contributed by atoms with Gasteiger partial charge in [-0.2, -0.15) is 0 Å². The molecule has 0 aromatic heterocycles. The Bertz CT molecular complexity index is 1430. The summed E-state index contributed by atoms with van der Waals surface area (Å²) in [5.41, 5.74) is 0.474. The van der Waals surface area contributed by atoms with Crippen molar-refractivity contribution in [3.8, 4) is 11.5 Å². The molecule has 206 valence electrons. The van der Waals surface area contributed by atoms with Crippen LogP contribution >= 0.6 is 23.2 Å². The molecule has 1 heterocycles. The summed E-state index contributed by atoms with van der Waals surface area (Å²) in [5.74, 6) is 0.0369. The first-order valence-corrected chi connectivity index (χ1v) is 14.6. The molecule has 0 saturated carbocycles. The van der Waals surface area contributed by atoms with Crippen molar-refractivity contribution >= 4 is 50.7 Å². The number of rotatable bonds is 10. The van der Waals surface area contributed by atoms with Crippen LogP contribution in [0.25, 0.3) is 0 Å². The molecule has 1 aliphatic rings.